The molecule has 1 aromatic rings. The summed E-state index contributed by atoms with van der Waals surface area (Å²) in [6, 6.07) is 4.01. The van der Waals surface area contributed by atoms with Crippen LogP contribution in [-0.4, -0.2) is 24.7 Å². The summed E-state index contributed by atoms with van der Waals surface area (Å²) in [6.07, 6.45) is 1.13. The first-order valence-corrected chi connectivity index (χ1v) is 6.13. The summed E-state index contributed by atoms with van der Waals surface area (Å²) in [5, 5.41) is 8.90. The Hall–Kier alpha value is -0.620. The normalized spacial score (nSPS) is 11.7. The molecule has 0 radical (unpaired) electrons. The largest absolute Gasteiger partial charge is 0.396 e. The van der Waals surface area contributed by atoms with Gasteiger partial charge in [-0.05, 0) is 30.5 Å². The summed E-state index contributed by atoms with van der Waals surface area (Å²) in [7, 11) is -4.20. The van der Waals surface area contributed by atoms with Gasteiger partial charge in [0.05, 0.1) is 4.90 Å². The number of hydrogen-bond donors (Lipinski definition) is 2. The molecule has 0 amide bonds. The highest BCUT2D eigenvalue weighted by molar-refractivity contribution is 7.85. The second kappa shape index (κ2) is 4.94. The lowest BCUT2D eigenvalue weighted by molar-refractivity contribution is 0.288. The lowest BCUT2D eigenvalue weighted by atomic mass is 10.1. The lowest BCUT2D eigenvalue weighted by Crippen LogP contribution is -1.99. The molecule has 0 aliphatic heterocycles. The molecular formula is C9H11ClO4S. The SMILES string of the molecule is O=S(=O)(O)c1ccc(CCCO)c(Cl)c1. The molecule has 0 fully saturated rings. The Balaban J connectivity index is 2.99. The Morgan fingerprint density at radius 3 is 2.47 bits per heavy atom. The first kappa shape index (κ1) is 12.4. The maximum Gasteiger partial charge on any atom is 0.294 e. The molecular weight excluding hydrogens is 240 g/mol. The molecule has 1 aromatic carbocycles. The van der Waals surface area contributed by atoms with Crippen LogP contribution < -0.4 is 0 Å². The van der Waals surface area contributed by atoms with Crippen molar-refractivity contribution >= 4 is 21.7 Å². The van der Waals surface area contributed by atoms with Gasteiger partial charge in [0, 0.05) is 11.6 Å². The Bertz CT molecular complexity index is 441. The predicted molar refractivity (Wildman–Crippen MR) is 56.7 cm³/mol. The van der Waals surface area contributed by atoms with Gasteiger partial charge in [-0.1, -0.05) is 17.7 Å². The topological polar surface area (TPSA) is 74.6 Å². The van der Waals surface area contributed by atoms with E-state index < -0.39 is 10.1 Å². The maximum absolute atomic E-state index is 10.8. The van der Waals surface area contributed by atoms with E-state index in [1.807, 2.05) is 0 Å². The van der Waals surface area contributed by atoms with Crippen molar-refractivity contribution in [1.29, 1.82) is 0 Å². The number of aliphatic hydroxyl groups excluding tert-OH is 1. The number of aliphatic hydroxyl groups is 1. The third-order valence-electron chi connectivity index (χ3n) is 1.93. The van der Waals surface area contributed by atoms with E-state index in [2.05, 4.69) is 0 Å². The van der Waals surface area contributed by atoms with Gasteiger partial charge in [0.1, 0.15) is 0 Å². The fraction of sp³-hybridized carbons (Fsp3) is 0.333. The van der Waals surface area contributed by atoms with E-state index in [4.69, 9.17) is 21.3 Å². The standard InChI is InChI=1S/C9H11ClO4S/c10-9-6-8(15(12,13)14)4-3-7(9)2-1-5-11/h3-4,6,11H,1-2,5H2,(H,12,13,14). The molecule has 6 heteroatoms. The van der Waals surface area contributed by atoms with Crippen LogP contribution in [0.25, 0.3) is 0 Å². The number of halogens is 1. The van der Waals surface area contributed by atoms with Gasteiger partial charge in [-0.3, -0.25) is 4.55 Å². The summed E-state index contributed by atoms with van der Waals surface area (Å²) < 4.78 is 30.3. The number of benzene rings is 1. The monoisotopic (exact) mass is 250 g/mol. The zero-order valence-corrected chi connectivity index (χ0v) is 9.42. The Kier molecular flexibility index (Phi) is 4.10. The molecule has 84 valence electrons. The van der Waals surface area contributed by atoms with Gasteiger partial charge < -0.3 is 5.11 Å². The fourth-order valence-electron chi connectivity index (χ4n) is 1.16. The average Bonchev–Trinajstić information content (AvgIpc) is 2.14. The van der Waals surface area contributed by atoms with Crippen molar-refractivity contribution in [1.82, 2.24) is 0 Å². The van der Waals surface area contributed by atoms with Crippen LogP contribution >= 0.6 is 11.6 Å². The molecule has 0 heterocycles. The first-order valence-electron chi connectivity index (χ1n) is 4.32. The number of rotatable bonds is 4. The summed E-state index contributed by atoms with van der Waals surface area (Å²) in [5.41, 5.74) is 0.748. The zero-order chi connectivity index (χ0) is 11.5. The van der Waals surface area contributed by atoms with Crippen LogP contribution in [0.15, 0.2) is 23.1 Å². The Labute approximate surface area is 93.3 Å². The van der Waals surface area contributed by atoms with Gasteiger partial charge in [-0.25, -0.2) is 0 Å². The predicted octanol–water partition coefficient (Wildman–Crippen LogP) is 1.51. The van der Waals surface area contributed by atoms with Crippen molar-refractivity contribution in [3.63, 3.8) is 0 Å². The van der Waals surface area contributed by atoms with Gasteiger partial charge >= 0.3 is 0 Å². The van der Waals surface area contributed by atoms with E-state index in [0.717, 1.165) is 5.56 Å². The van der Waals surface area contributed by atoms with Crippen LogP contribution in [0.5, 0.6) is 0 Å². The minimum atomic E-state index is -4.20. The van der Waals surface area contributed by atoms with Crippen LogP contribution in [0.1, 0.15) is 12.0 Å². The van der Waals surface area contributed by atoms with Gasteiger partial charge in [0.15, 0.2) is 0 Å². The van der Waals surface area contributed by atoms with Crippen molar-refractivity contribution in [2.45, 2.75) is 17.7 Å². The van der Waals surface area contributed by atoms with Crippen molar-refractivity contribution in [2.75, 3.05) is 6.61 Å². The zero-order valence-electron chi connectivity index (χ0n) is 7.85. The van der Waals surface area contributed by atoms with E-state index in [-0.39, 0.29) is 16.5 Å². The van der Waals surface area contributed by atoms with Crippen LogP contribution in [0, 0.1) is 0 Å². The molecule has 15 heavy (non-hydrogen) atoms. The van der Waals surface area contributed by atoms with Gasteiger partial charge in [0.25, 0.3) is 10.1 Å². The van der Waals surface area contributed by atoms with E-state index in [0.29, 0.717) is 12.8 Å². The van der Waals surface area contributed by atoms with Crippen molar-refractivity contribution in [2.24, 2.45) is 0 Å². The van der Waals surface area contributed by atoms with Crippen LogP contribution in [0.2, 0.25) is 5.02 Å². The van der Waals surface area contributed by atoms with Crippen LogP contribution in [0.3, 0.4) is 0 Å². The minimum Gasteiger partial charge on any atom is -0.396 e. The number of aryl methyl sites for hydroxylation is 1. The second-order valence-corrected chi connectivity index (χ2v) is 4.88. The number of hydrogen-bond acceptors (Lipinski definition) is 3. The minimum absolute atomic E-state index is 0.0520. The van der Waals surface area contributed by atoms with Crippen molar-refractivity contribution < 1.29 is 18.1 Å². The van der Waals surface area contributed by atoms with E-state index in [1.54, 1.807) is 0 Å². The van der Waals surface area contributed by atoms with E-state index in [1.165, 1.54) is 18.2 Å². The van der Waals surface area contributed by atoms with E-state index >= 15 is 0 Å². The highest BCUT2D eigenvalue weighted by Crippen LogP contribution is 2.21. The molecule has 0 bridgehead atoms. The maximum atomic E-state index is 10.8. The molecule has 0 aromatic heterocycles. The third-order valence-corrected chi connectivity index (χ3v) is 3.13. The molecule has 0 aliphatic rings. The quantitative estimate of drug-likeness (QED) is 0.795. The molecule has 2 N–H and O–H groups in total. The van der Waals surface area contributed by atoms with E-state index in [9.17, 15) is 8.42 Å². The molecule has 4 nitrogen and oxygen atoms in total. The molecule has 0 saturated heterocycles. The Morgan fingerprint density at radius 1 is 1.33 bits per heavy atom. The molecule has 0 aliphatic carbocycles. The van der Waals surface area contributed by atoms with Gasteiger partial charge in [-0.15, -0.1) is 0 Å². The first-order chi connectivity index (χ1) is 6.95. The molecule has 1 rings (SSSR count). The summed E-state index contributed by atoms with van der Waals surface area (Å²) in [5.74, 6) is 0. The average molecular weight is 251 g/mol. The lowest BCUT2D eigenvalue weighted by Gasteiger charge is -2.04. The highest BCUT2D eigenvalue weighted by Gasteiger charge is 2.11. The van der Waals surface area contributed by atoms with Crippen LogP contribution in [-0.2, 0) is 16.5 Å². The van der Waals surface area contributed by atoms with Gasteiger partial charge in [0.2, 0.25) is 0 Å². The third kappa shape index (κ3) is 3.46. The molecule has 0 unspecified atom stereocenters. The molecule has 0 saturated carbocycles. The van der Waals surface area contributed by atoms with Crippen molar-refractivity contribution in [3.8, 4) is 0 Å². The Morgan fingerprint density at radius 2 is 2.00 bits per heavy atom. The van der Waals surface area contributed by atoms with Crippen LogP contribution in [0.4, 0.5) is 0 Å². The molecule has 0 atom stereocenters. The fourth-order valence-corrected chi connectivity index (χ4v) is 2.01. The summed E-state index contributed by atoms with van der Waals surface area (Å²) >= 11 is 5.81. The summed E-state index contributed by atoms with van der Waals surface area (Å²) in [4.78, 5) is -0.222. The van der Waals surface area contributed by atoms with Gasteiger partial charge in [-0.2, -0.15) is 8.42 Å². The van der Waals surface area contributed by atoms with Crippen molar-refractivity contribution in [3.05, 3.63) is 28.8 Å². The molecule has 0 spiro atoms. The second-order valence-electron chi connectivity index (χ2n) is 3.06. The summed E-state index contributed by atoms with van der Waals surface area (Å²) in [6.45, 7) is 0.0520. The smallest absolute Gasteiger partial charge is 0.294 e. The highest BCUT2D eigenvalue weighted by atomic mass is 35.5.